The number of esters is 1. The van der Waals surface area contributed by atoms with E-state index < -0.39 is 10.9 Å². The van der Waals surface area contributed by atoms with Gasteiger partial charge in [-0.3, -0.25) is 10.1 Å². The second kappa shape index (κ2) is 7.74. The van der Waals surface area contributed by atoms with E-state index in [1.54, 1.807) is 6.07 Å². The summed E-state index contributed by atoms with van der Waals surface area (Å²) in [5, 5.41) is 20.4. The number of nitrogens with zero attached hydrogens (tertiary/aromatic N) is 3. The van der Waals surface area contributed by atoms with Crippen LogP contribution in [0.2, 0.25) is 0 Å². The normalized spacial score (nSPS) is 13.1. The lowest BCUT2D eigenvalue weighted by molar-refractivity contribution is -0.384. The first-order valence-corrected chi connectivity index (χ1v) is 8.37. The van der Waals surface area contributed by atoms with Crippen molar-refractivity contribution < 1.29 is 19.2 Å². The monoisotopic (exact) mass is 367 g/mol. The maximum Gasteiger partial charge on any atom is 0.343 e. The number of hydrogen-bond acceptors (Lipinski definition) is 7. The van der Waals surface area contributed by atoms with Crippen molar-refractivity contribution in [1.29, 1.82) is 5.26 Å². The highest BCUT2D eigenvalue weighted by Crippen LogP contribution is 2.33. The SMILES string of the molecule is COc1cc(C#N)ccc1OC(=O)c1ccc(N2CCCC2)c([N+](=O)[O-])c1. The molecule has 1 aliphatic rings. The Morgan fingerprint density at radius 2 is 1.93 bits per heavy atom. The first kappa shape index (κ1) is 18.2. The third kappa shape index (κ3) is 3.82. The first-order chi connectivity index (χ1) is 13.0. The lowest BCUT2D eigenvalue weighted by Gasteiger charge is -2.17. The minimum absolute atomic E-state index is 0.0658. The van der Waals surface area contributed by atoms with E-state index in [2.05, 4.69) is 0 Å². The minimum Gasteiger partial charge on any atom is -0.493 e. The van der Waals surface area contributed by atoms with E-state index >= 15 is 0 Å². The lowest BCUT2D eigenvalue weighted by atomic mass is 10.1. The summed E-state index contributed by atoms with van der Waals surface area (Å²) in [4.78, 5) is 25.4. The van der Waals surface area contributed by atoms with Crippen molar-refractivity contribution in [3.63, 3.8) is 0 Å². The first-order valence-electron chi connectivity index (χ1n) is 8.37. The van der Waals surface area contributed by atoms with Crippen molar-refractivity contribution in [2.75, 3.05) is 25.1 Å². The third-order valence-corrected chi connectivity index (χ3v) is 4.35. The van der Waals surface area contributed by atoms with Crippen LogP contribution in [0.25, 0.3) is 0 Å². The Balaban J connectivity index is 1.88. The van der Waals surface area contributed by atoms with Crippen molar-refractivity contribution in [2.45, 2.75) is 12.8 Å². The van der Waals surface area contributed by atoms with E-state index in [0.29, 0.717) is 11.3 Å². The zero-order chi connectivity index (χ0) is 19.4. The highest BCUT2D eigenvalue weighted by molar-refractivity contribution is 5.93. The molecular formula is C19H17N3O5. The summed E-state index contributed by atoms with van der Waals surface area (Å²) in [6.07, 6.45) is 1.97. The fourth-order valence-corrected chi connectivity index (χ4v) is 3.00. The third-order valence-electron chi connectivity index (χ3n) is 4.35. The van der Waals surface area contributed by atoms with Gasteiger partial charge in [-0.1, -0.05) is 0 Å². The summed E-state index contributed by atoms with van der Waals surface area (Å²) in [6, 6.07) is 10.7. The molecule has 138 valence electrons. The number of nitro groups is 1. The summed E-state index contributed by atoms with van der Waals surface area (Å²) < 4.78 is 10.4. The molecule has 0 aliphatic carbocycles. The highest BCUT2D eigenvalue weighted by Gasteiger charge is 2.24. The number of nitriles is 1. The van der Waals surface area contributed by atoms with Gasteiger partial charge in [-0.25, -0.2) is 4.79 Å². The average molecular weight is 367 g/mol. The Hall–Kier alpha value is -3.60. The van der Waals surface area contributed by atoms with Crippen LogP contribution in [0, 0.1) is 21.4 Å². The maximum absolute atomic E-state index is 12.5. The Morgan fingerprint density at radius 1 is 1.19 bits per heavy atom. The number of rotatable bonds is 5. The molecule has 8 nitrogen and oxygen atoms in total. The van der Waals surface area contributed by atoms with Gasteiger partial charge < -0.3 is 14.4 Å². The largest absolute Gasteiger partial charge is 0.493 e. The van der Waals surface area contributed by atoms with E-state index in [9.17, 15) is 14.9 Å². The minimum atomic E-state index is -0.742. The lowest BCUT2D eigenvalue weighted by Crippen LogP contribution is -2.19. The number of carbonyl (C=O) groups excluding carboxylic acids is 1. The van der Waals surface area contributed by atoms with Gasteiger partial charge in [-0.05, 0) is 37.1 Å². The van der Waals surface area contributed by atoms with E-state index in [-0.39, 0.29) is 22.7 Å². The second-order valence-electron chi connectivity index (χ2n) is 6.02. The Bertz CT molecular complexity index is 929. The van der Waals surface area contributed by atoms with Crippen molar-refractivity contribution >= 4 is 17.3 Å². The molecular weight excluding hydrogens is 350 g/mol. The van der Waals surface area contributed by atoms with Gasteiger partial charge in [0.2, 0.25) is 0 Å². The van der Waals surface area contributed by atoms with Gasteiger partial charge in [-0.2, -0.15) is 5.26 Å². The van der Waals surface area contributed by atoms with Gasteiger partial charge >= 0.3 is 5.97 Å². The fraction of sp³-hybridized carbons (Fsp3) is 0.263. The molecule has 27 heavy (non-hydrogen) atoms. The average Bonchev–Trinajstić information content (AvgIpc) is 3.22. The van der Waals surface area contributed by atoms with E-state index in [1.165, 1.54) is 37.4 Å². The number of anilines is 1. The molecule has 0 saturated carbocycles. The second-order valence-corrected chi connectivity index (χ2v) is 6.02. The molecule has 0 aromatic heterocycles. The quantitative estimate of drug-likeness (QED) is 0.345. The van der Waals surface area contributed by atoms with Gasteiger partial charge in [0.25, 0.3) is 5.69 Å². The zero-order valence-corrected chi connectivity index (χ0v) is 14.7. The summed E-state index contributed by atoms with van der Waals surface area (Å²) >= 11 is 0. The number of hydrogen-bond donors (Lipinski definition) is 0. The van der Waals surface area contributed by atoms with Crippen LogP contribution in [0.15, 0.2) is 36.4 Å². The molecule has 8 heteroatoms. The molecule has 1 heterocycles. The molecule has 1 fully saturated rings. The van der Waals surface area contributed by atoms with E-state index in [0.717, 1.165) is 25.9 Å². The molecule has 0 bridgehead atoms. The predicted octanol–water partition coefficient (Wildman–Crippen LogP) is 3.29. The molecule has 0 unspecified atom stereocenters. The van der Waals surface area contributed by atoms with Gasteiger partial charge in [0.05, 0.1) is 29.2 Å². The maximum atomic E-state index is 12.5. The van der Waals surface area contributed by atoms with E-state index in [4.69, 9.17) is 14.7 Å². The van der Waals surface area contributed by atoms with Crippen LogP contribution >= 0.6 is 0 Å². The number of methoxy groups -OCH3 is 1. The number of ether oxygens (including phenoxy) is 2. The fourth-order valence-electron chi connectivity index (χ4n) is 3.00. The van der Waals surface area contributed by atoms with Crippen molar-refractivity contribution in [2.24, 2.45) is 0 Å². The predicted molar refractivity (Wildman–Crippen MR) is 97.2 cm³/mol. The summed E-state index contributed by atoms with van der Waals surface area (Å²) in [5.41, 5.74) is 0.802. The summed E-state index contributed by atoms with van der Waals surface area (Å²) in [7, 11) is 1.39. The van der Waals surface area contributed by atoms with Crippen molar-refractivity contribution in [3.05, 3.63) is 57.6 Å². The molecule has 1 saturated heterocycles. The van der Waals surface area contributed by atoms with Gasteiger partial charge in [0.1, 0.15) is 5.69 Å². The van der Waals surface area contributed by atoms with Crippen LogP contribution in [-0.4, -0.2) is 31.1 Å². The van der Waals surface area contributed by atoms with Crippen LogP contribution in [0.1, 0.15) is 28.8 Å². The molecule has 2 aromatic carbocycles. The molecule has 0 atom stereocenters. The molecule has 0 amide bonds. The van der Waals surface area contributed by atoms with Crippen molar-refractivity contribution in [3.8, 4) is 17.6 Å². The number of benzene rings is 2. The summed E-state index contributed by atoms with van der Waals surface area (Å²) in [5.74, 6) is -0.382. The molecule has 1 aliphatic heterocycles. The van der Waals surface area contributed by atoms with Crippen LogP contribution in [0.5, 0.6) is 11.5 Å². The molecule has 2 aromatic rings. The molecule has 0 N–H and O–H groups in total. The Kier molecular flexibility index (Phi) is 5.22. The molecule has 3 rings (SSSR count). The van der Waals surface area contributed by atoms with Crippen molar-refractivity contribution in [1.82, 2.24) is 0 Å². The van der Waals surface area contributed by atoms with Crippen LogP contribution in [0.3, 0.4) is 0 Å². The van der Waals surface area contributed by atoms with Gasteiger partial charge in [-0.15, -0.1) is 0 Å². The summed E-state index contributed by atoms with van der Waals surface area (Å²) in [6.45, 7) is 1.51. The van der Waals surface area contributed by atoms with Gasteiger partial charge in [0, 0.05) is 25.2 Å². The van der Waals surface area contributed by atoms with E-state index in [1.807, 2.05) is 11.0 Å². The van der Waals surface area contributed by atoms with Crippen LogP contribution in [-0.2, 0) is 0 Å². The van der Waals surface area contributed by atoms with Gasteiger partial charge in [0.15, 0.2) is 11.5 Å². The molecule has 0 spiro atoms. The Morgan fingerprint density at radius 3 is 2.56 bits per heavy atom. The number of carbonyl (C=O) groups is 1. The standard InChI is InChI=1S/C19H17N3O5/c1-26-18-10-13(12-20)4-7-17(18)27-19(23)14-5-6-15(16(11-14)22(24)25)21-8-2-3-9-21/h4-7,10-11H,2-3,8-9H2,1H3. The Labute approximate surface area is 155 Å². The smallest absolute Gasteiger partial charge is 0.343 e. The topological polar surface area (TPSA) is 106 Å². The van der Waals surface area contributed by atoms with Crippen LogP contribution < -0.4 is 14.4 Å². The zero-order valence-electron chi connectivity index (χ0n) is 14.7. The number of nitro benzene ring substituents is 1. The molecule has 0 radical (unpaired) electrons. The highest BCUT2D eigenvalue weighted by atomic mass is 16.6. The van der Waals surface area contributed by atoms with Crippen LogP contribution in [0.4, 0.5) is 11.4 Å².